The van der Waals surface area contributed by atoms with E-state index in [0.717, 1.165) is 30.5 Å². The lowest BCUT2D eigenvalue weighted by Gasteiger charge is -2.16. The van der Waals surface area contributed by atoms with Crippen molar-refractivity contribution in [2.24, 2.45) is 5.92 Å². The molecule has 16 heteroatoms. The van der Waals surface area contributed by atoms with Gasteiger partial charge in [-0.05, 0) is 42.0 Å². The fraction of sp³-hybridized carbons (Fsp3) is 0.200. The number of anilines is 1. The van der Waals surface area contributed by atoms with Crippen LogP contribution in [0.5, 0.6) is 5.88 Å². The third-order valence-electron chi connectivity index (χ3n) is 5.81. The van der Waals surface area contributed by atoms with E-state index < -0.39 is 55.2 Å². The Morgan fingerprint density at radius 2 is 1.85 bits per heavy atom. The molecule has 0 aliphatic carbocycles. The predicted molar refractivity (Wildman–Crippen MR) is 141 cm³/mol. The molecule has 10 nitrogen and oxygen atoms in total. The lowest BCUT2D eigenvalue weighted by molar-refractivity contribution is -0.275. The van der Waals surface area contributed by atoms with Crippen molar-refractivity contribution in [2.45, 2.75) is 24.7 Å². The van der Waals surface area contributed by atoms with Gasteiger partial charge in [0.15, 0.2) is 0 Å². The molecule has 2 N–H and O–H groups in total. The van der Waals surface area contributed by atoms with Crippen LogP contribution in [-0.4, -0.2) is 42.3 Å². The van der Waals surface area contributed by atoms with Crippen LogP contribution in [0.3, 0.4) is 0 Å². The summed E-state index contributed by atoms with van der Waals surface area (Å²) in [6, 6.07) is 7.79. The second-order valence-corrected chi connectivity index (χ2v) is 10.8. The molecule has 0 bridgehead atoms. The maximum Gasteiger partial charge on any atom is 0.574 e. The number of amides is 1. The standard InChI is InChI=1S/C25H20ClF4N5O5S/c1-13(22(36)31-2)11-35-12-33-19-5-3-14(7-17(19)24(35)37)15-8-20(23(32-10-15)40-25(28,29)30)34-41(38,39)21-6-4-16(27)9-18(21)26/h3-10,12-13,34H,11H2,1-2H3,(H,31,36). The zero-order valence-corrected chi connectivity index (χ0v) is 22.7. The van der Waals surface area contributed by atoms with Crippen molar-refractivity contribution >= 4 is 44.1 Å². The Hall–Kier alpha value is -4.24. The molecule has 0 aliphatic heterocycles. The first kappa shape index (κ1) is 29.7. The van der Waals surface area contributed by atoms with E-state index >= 15 is 0 Å². The Bertz CT molecular complexity index is 1810. The highest BCUT2D eigenvalue weighted by Crippen LogP contribution is 2.35. The van der Waals surface area contributed by atoms with E-state index in [4.69, 9.17) is 11.6 Å². The topological polar surface area (TPSA) is 132 Å². The molecule has 0 spiro atoms. The zero-order valence-electron chi connectivity index (χ0n) is 21.2. The van der Waals surface area contributed by atoms with E-state index in [1.807, 2.05) is 4.72 Å². The molecule has 0 radical (unpaired) electrons. The third kappa shape index (κ3) is 6.74. The third-order valence-corrected chi connectivity index (χ3v) is 7.66. The number of aromatic nitrogens is 3. The van der Waals surface area contributed by atoms with E-state index in [-0.39, 0.29) is 29.0 Å². The summed E-state index contributed by atoms with van der Waals surface area (Å²) in [7, 11) is -3.17. The Morgan fingerprint density at radius 3 is 2.51 bits per heavy atom. The summed E-state index contributed by atoms with van der Waals surface area (Å²) in [5, 5.41) is 2.11. The summed E-state index contributed by atoms with van der Waals surface area (Å²) in [4.78, 5) is 32.3. The van der Waals surface area contributed by atoms with Gasteiger partial charge >= 0.3 is 6.36 Å². The van der Waals surface area contributed by atoms with Crippen LogP contribution < -0.4 is 20.3 Å². The number of pyridine rings is 1. The van der Waals surface area contributed by atoms with Gasteiger partial charge in [-0.15, -0.1) is 13.2 Å². The van der Waals surface area contributed by atoms with Gasteiger partial charge in [0.25, 0.3) is 15.6 Å². The maximum atomic E-state index is 13.4. The van der Waals surface area contributed by atoms with Gasteiger partial charge in [0, 0.05) is 25.4 Å². The van der Waals surface area contributed by atoms with Crippen LogP contribution in [0.1, 0.15) is 6.92 Å². The van der Waals surface area contributed by atoms with Gasteiger partial charge in [-0.25, -0.2) is 22.8 Å². The zero-order chi connectivity index (χ0) is 30.1. The Balaban J connectivity index is 1.78. The minimum absolute atomic E-state index is 0.0363. The van der Waals surface area contributed by atoms with E-state index in [9.17, 15) is 35.6 Å². The Morgan fingerprint density at radius 1 is 1.12 bits per heavy atom. The number of benzene rings is 2. The number of rotatable bonds is 8. The summed E-state index contributed by atoms with van der Waals surface area (Å²) >= 11 is 5.85. The highest BCUT2D eigenvalue weighted by atomic mass is 35.5. The number of carbonyl (C=O) groups is 1. The smallest absolute Gasteiger partial charge is 0.386 e. The number of nitrogens with one attached hydrogen (secondary N) is 2. The largest absolute Gasteiger partial charge is 0.574 e. The van der Waals surface area contributed by atoms with Gasteiger partial charge in [0.05, 0.1) is 28.2 Å². The second kappa shape index (κ2) is 11.3. The number of ether oxygens (including phenoxy) is 1. The van der Waals surface area contributed by atoms with Crippen LogP contribution in [-0.2, 0) is 21.4 Å². The van der Waals surface area contributed by atoms with Gasteiger partial charge in [-0.2, -0.15) is 0 Å². The van der Waals surface area contributed by atoms with E-state index in [0.29, 0.717) is 5.52 Å². The van der Waals surface area contributed by atoms with Crippen LogP contribution in [0.25, 0.3) is 22.0 Å². The number of sulfonamides is 1. The molecule has 41 heavy (non-hydrogen) atoms. The first-order valence-corrected chi connectivity index (χ1v) is 13.5. The fourth-order valence-electron chi connectivity index (χ4n) is 3.86. The molecule has 2 aromatic carbocycles. The minimum Gasteiger partial charge on any atom is -0.386 e. The van der Waals surface area contributed by atoms with Crippen LogP contribution >= 0.6 is 11.6 Å². The summed E-state index contributed by atoms with van der Waals surface area (Å²) in [5.74, 6) is -2.77. The molecular weight excluding hydrogens is 594 g/mol. The molecule has 1 unspecified atom stereocenters. The van der Waals surface area contributed by atoms with Crippen molar-refractivity contribution in [2.75, 3.05) is 11.8 Å². The number of alkyl halides is 3. The van der Waals surface area contributed by atoms with Gasteiger partial charge in [-0.3, -0.25) is 18.9 Å². The fourth-order valence-corrected chi connectivity index (χ4v) is 5.44. The number of fused-ring (bicyclic) bond motifs is 1. The van der Waals surface area contributed by atoms with Crippen LogP contribution in [0.2, 0.25) is 5.02 Å². The lowest BCUT2D eigenvalue weighted by atomic mass is 10.0. The average molecular weight is 614 g/mol. The highest BCUT2D eigenvalue weighted by molar-refractivity contribution is 7.92. The molecule has 0 aliphatic rings. The molecule has 2 aromatic heterocycles. The quantitative estimate of drug-likeness (QED) is 0.283. The molecule has 4 aromatic rings. The van der Waals surface area contributed by atoms with Gasteiger partial charge in [0.2, 0.25) is 11.8 Å². The second-order valence-electron chi connectivity index (χ2n) is 8.75. The molecule has 1 amide bonds. The maximum absolute atomic E-state index is 13.4. The van der Waals surface area contributed by atoms with Crippen molar-refractivity contribution < 1.29 is 35.5 Å². The van der Waals surface area contributed by atoms with Crippen molar-refractivity contribution in [3.05, 3.63) is 76.2 Å². The number of hydrogen-bond donors (Lipinski definition) is 2. The van der Waals surface area contributed by atoms with Crippen LogP contribution in [0, 0.1) is 11.7 Å². The Labute approximate surface area is 235 Å². The number of halogens is 5. The molecular formula is C25H20ClF4N5O5S. The van der Waals surface area contributed by atoms with E-state index in [1.54, 1.807) is 6.92 Å². The molecule has 0 saturated carbocycles. The molecule has 2 heterocycles. The first-order chi connectivity index (χ1) is 19.2. The van der Waals surface area contributed by atoms with Crippen LogP contribution in [0.15, 0.2) is 64.7 Å². The van der Waals surface area contributed by atoms with Crippen molar-refractivity contribution in [1.82, 2.24) is 19.9 Å². The van der Waals surface area contributed by atoms with E-state index in [1.165, 1.54) is 36.1 Å². The monoisotopic (exact) mass is 613 g/mol. The molecule has 0 saturated heterocycles. The van der Waals surface area contributed by atoms with Crippen molar-refractivity contribution in [3.63, 3.8) is 0 Å². The molecule has 1 atom stereocenters. The predicted octanol–water partition coefficient (Wildman–Crippen LogP) is 4.33. The van der Waals surface area contributed by atoms with Gasteiger partial charge in [-0.1, -0.05) is 24.6 Å². The van der Waals surface area contributed by atoms with Gasteiger partial charge < -0.3 is 10.1 Å². The van der Waals surface area contributed by atoms with Crippen molar-refractivity contribution in [3.8, 4) is 17.0 Å². The SMILES string of the molecule is CNC(=O)C(C)Cn1cnc2ccc(-c3cnc(OC(F)(F)F)c(NS(=O)(=O)c4ccc(F)cc4Cl)c3)cc2c1=O. The summed E-state index contributed by atoms with van der Waals surface area (Å²) in [6.07, 6.45) is -2.93. The normalized spacial score (nSPS) is 12.7. The molecule has 216 valence electrons. The summed E-state index contributed by atoms with van der Waals surface area (Å²) < 4.78 is 85.6. The van der Waals surface area contributed by atoms with E-state index in [2.05, 4.69) is 20.0 Å². The summed E-state index contributed by atoms with van der Waals surface area (Å²) in [5.41, 5.74) is -0.495. The number of carbonyl (C=O) groups excluding carboxylic acids is 1. The lowest BCUT2D eigenvalue weighted by Crippen LogP contribution is -2.32. The average Bonchev–Trinajstić information content (AvgIpc) is 2.89. The number of hydrogen-bond acceptors (Lipinski definition) is 7. The molecule has 0 fully saturated rings. The minimum atomic E-state index is -5.21. The number of nitrogens with zero attached hydrogens (tertiary/aromatic N) is 3. The van der Waals surface area contributed by atoms with Crippen molar-refractivity contribution in [1.29, 1.82) is 0 Å². The first-order valence-electron chi connectivity index (χ1n) is 11.6. The van der Waals surface area contributed by atoms with Gasteiger partial charge in [0.1, 0.15) is 16.4 Å². The summed E-state index contributed by atoms with van der Waals surface area (Å²) in [6.45, 7) is 1.67. The highest BCUT2D eigenvalue weighted by Gasteiger charge is 2.34. The van der Waals surface area contributed by atoms with Crippen LogP contribution in [0.4, 0.5) is 23.2 Å². The molecule has 4 rings (SSSR count). The Kier molecular flexibility index (Phi) is 8.22.